The summed E-state index contributed by atoms with van der Waals surface area (Å²) < 4.78 is 5.32. The molecule has 1 aromatic carbocycles. The maximum Gasteiger partial charge on any atom is 0.103 e. The minimum absolute atomic E-state index is 0.446. The van der Waals surface area contributed by atoms with Crippen molar-refractivity contribution in [3.05, 3.63) is 35.4 Å². The lowest BCUT2D eigenvalue weighted by atomic mass is 10.1. The van der Waals surface area contributed by atoms with Crippen LogP contribution in [0.15, 0.2) is 24.3 Å². The Morgan fingerprint density at radius 3 is 2.53 bits per heavy atom. The van der Waals surface area contributed by atoms with Crippen LogP contribution in [0.25, 0.3) is 0 Å². The lowest BCUT2D eigenvalue weighted by Crippen LogP contribution is -2.22. The van der Waals surface area contributed by atoms with Crippen molar-refractivity contribution in [2.24, 2.45) is 5.73 Å². The average Bonchev–Trinajstić information content (AvgIpc) is 2.30. The Labute approximate surface area is 109 Å². The quantitative estimate of drug-likeness (QED) is 0.593. The van der Waals surface area contributed by atoms with Gasteiger partial charge >= 0.3 is 0 Å². The molecule has 0 aliphatic rings. The average molecular weight is 252 g/mol. The van der Waals surface area contributed by atoms with Crippen LogP contribution in [0, 0.1) is 0 Å². The Kier molecular flexibility index (Phi) is 6.11. The van der Waals surface area contributed by atoms with E-state index in [9.17, 15) is 0 Å². The van der Waals surface area contributed by atoms with Crippen molar-refractivity contribution >= 4 is 17.2 Å². The van der Waals surface area contributed by atoms with Gasteiger partial charge in [-0.15, -0.1) is 0 Å². The van der Waals surface area contributed by atoms with Crippen LogP contribution in [0.4, 0.5) is 0 Å². The summed E-state index contributed by atoms with van der Waals surface area (Å²) >= 11 is 4.91. The molecule has 0 saturated carbocycles. The molecule has 0 radical (unpaired) electrons. The molecule has 0 aliphatic heterocycles. The lowest BCUT2D eigenvalue weighted by Gasteiger charge is -2.16. The first-order chi connectivity index (χ1) is 8.13. The highest BCUT2D eigenvalue weighted by molar-refractivity contribution is 7.80. The zero-order valence-electron chi connectivity index (χ0n) is 10.5. The minimum Gasteiger partial charge on any atom is -0.389 e. The Morgan fingerprint density at radius 2 is 2.00 bits per heavy atom. The monoisotopic (exact) mass is 252 g/mol. The van der Waals surface area contributed by atoms with E-state index in [0.717, 1.165) is 31.9 Å². The van der Waals surface area contributed by atoms with Gasteiger partial charge in [-0.3, -0.25) is 4.90 Å². The number of likely N-dealkylation sites (N-methyl/N-ethyl adjacent to an activating group) is 1. The number of benzene rings is 1. The summed E-state index contributed by atoms with van der Waals surface area (Å²) in [7, 11) is 2.08. The molecule has 94 valence electrons. The van der Waals surface area contributed by atoms with Gasteiger partial charge in [-0.1, -0.05) is 36.5 Å². The number of ether oxygens (including phenoxy) is 1. The molecule has 0 fully saturated rings. The Balaban J connectivity index is 2.43. The smallest absolute Gasteiger partial charge is 0.103 e. The number of rotatable bonds is 7. The zero-order valence-corrected chi connectivity index (χ0v) is 11.3. The highest BCUT2D eigenvalue weighted by atomic mass is 32.1. The highest BCUT2D eigenvalue weighted by Crippen LogP contribution is 2.06. The van der Waals surface area contributed by atoms with Gasteiger partial charge in [0.2, 0.25) is 0 Å². The van der Waals surface area contributed by atoms with Crippen molar-refractivity contribution in [2.45, 2.75) is 13.5 Å². The molecule has 17 heavy (non-hydrogen) atoms. The predicted octanol–water partition coefficient (Wildman–Crippen LogP) is 1.79. The van der Waals surface area contributed by atoms with Crippen LogP contribution in [-0.2, 0) is 11.3 Å². The normalized spacial score (nSPS) is 10.8. The van der Waals surface area contributed by atoms with Gasteiger partial charge in [-0.05, 0) is 19.5 Å². The zero-order chi connectivity index (χ0) is 12.7. The fourth-order valence-corrected chi connectivity index (χ4v) is 1.67. The first-order valence-electron chi connectivity index (χ1n) is 5.78. The summed E-state index contributed by atoms with van der Waals surface area (Å²) in [5.41, 5.74) is 7.72. The fraction of sp³-hybridized carbons (Fsp3) is 0.462. The van der Waals surface area contributed by atoms with Crippen LogP contribution >= 0.6 is 12.2 Å². The largest absolute Gasteiger partial charge is 0.389 e. The summed E-state index contributed by atoms with van der Waals surface area (Å²) in [6.45, 7) is 5.40. The van der Waals surface area contributed by atoms with Crippen LogP contribution in [-0.4, -0.2) is 36.7 Å². The van der Waals surface area contributed by atoms with E-state index in [1.54, 1.807) is 0 Å². The molecule has 0 saturated heterocycles. The minimum atomic E-state index is 0.446. The van der Waals surface area contributed by atoms with E-state index < -0.39 is 0 Å². The number of nitrogens with two attached hydrogens (primary N) is 1. The van der Waals surface area contributed by atoms with Crippen molar-refractivity contribution in [3.63, 3.8) is 0 Å². The molecule has 1 aromatic rings. The molecule has 2 N–H and O–H groups in total. The molecule has 0 unspecified atom stereocenters. The van der Waals surface area contributed by atoms with E-state index in [0.29, 0.717) is 4.99 Å². The number of hydrogen-bond acceptors (Lipinski definition) is 3. The molecule has 4 heteroatoms. The second-order valence-corrected chi connectivity index (χ2v) is 4.44. The summed E-state index contributed by atoms with van der Waals surface area (Å²) in [6, 6.07) is 8.06. The van der Waals surface area contributed by atoms with Gasteiger partial charge in [0.1, 0.15) is 4.99 Å². The lowest BCUT2D eigenvalue weighted by molar-refractivity contribution is 0.120. The van der Waals surface area contributed by atoms with Gasteiger partial charge in [-0.25, -0.2) is 0 Å². The Bertz CT molecular complexity index is 351. The Morgan fingerprint density at radius 1 is 1.35 bits per heavy atom. The summed E-state index contributed by atoms with van der Waals surface area (Å²) in [4.78, 5) is 2.67. The number of hydrogen-bond donors (Lipinski definition) is 1. The molecule has 0 heterocycles. The van der Waals surface area contributed by atoms with Crippen molar-refractivity contribution in [1.82, 2.24) is 4.90 Å². The third-order valence-electron chi connectivity index (χ3n) is 2.51. The van der Waals surface area contributed by atoms with E-state index in [1.165, 1.54) is 5.56 Å². The molecule has 0 amide bonds. The third-order valence-corrected chi connectivity index (χ3v) is 2.75. The maximum atomic E-state index is 5.55. The van der Waals surface area contributed by atoms with Crippen LogP contribution < -0.4 is 5.73 Å². The molecular weight excluding hydrogens is 232 g/mol. The fourth-order valence-electron chi connectivity index (χ4n) is 1.53. The topological polar surface area (TPSA) is 38.5 Å². The summed E-state index contributed by atoms with van der Waals surface area (Å²) in [5, 5.41) is 0. The molecule has 0 spiro atoms. The Hall–Kier alpha value is -0.970. The molecule has 0 atom stereocenters. The van der Waals surface area contributed by atoms with Crippen molar-refractivity contribution < 1.29 is 4.74 Å². The van der Waals surface area contributed by atoms with Crippen molar-refractivity contribution in [1.29, 1.82) is 0 Å². The van der Waals surface area contributed by atoms with Crippen molar-refractivity contribution in [3.8, 4) is 0 Å². The number of thiocarbonyl (C=S) groups is 1. The molecule has 3 nitrogen and oxygen atoms in total. The van der Waals surface area contributed by atoms with Gasteiger partial charge in [0.15, 0.2) is 0 Å². The van der Waals surface area contributed by atoms with Crippen molar-refractivity contribution in [2.75, 3.05) is 26.8 Å². The van der Waals surface area contributed by atoms with Crippen LogP contribution in [0.1, 0.15) is 18.1 Å². The van der Waals surface area contributed by atoms with Gasteiger partial charge in [-0.2, -0.15) is 0 Å². The second-order valence-electron chi connectivity index (χ2n) is 4.00. The molecule has 0 bridgehead atoms. The SMILES string of the molecule is CCOCCN(C)Cc1ccc(C(N)=S)cc1. The predicted molar refractivity (Wildman–Crippen MR) is 75.2 cm³/mol. The van der Waals surface area contributed by atoms with E-state index in [1.807, 2.05) is 19.1 Å². The van der Waals surface area contributed by atoms with E-state index in [2.05, 4.69) is 24.1 Å². The summed E-state index contributed by atoms with van der Waals surface area (Å²) in [6.07, 6.45) is 0. The van der Waals surface area contributed by atoms with Crippen LogP contribution in [0.3, 0.4) is 0 Å². The maximum absolute atomic E-state index is 5.55. The second kappa shape index (κ2) is 7.37. The standard InChI is InChI=1S/C13H20N2OS/c1-3-16-9-8-15(2)10-11-4-6-12(7-5-11)13(14)17/h4-7H,3,8-10H2,1-2H3,(H2,14,17). The van der Waals surface area contributed by atoms with Gasteiger partial charge in [0.05, 0.1) is 6.61 Å². The molecule has 0 aromatic heterocycles. The molecular formula is C13H20N2OS. The van der Waals surface area contributed by atoms with Gasteiger partial charge < -0.3 is 10.5 Å². The van der Waals surface area contributed by atoms with Gasteiger partial charge in [0.25, 0.3) is 0 Å². The molecule has 1 rings (SSSR count). The van der Waals surface area contributed by atoms with Crippen LogP contribution in [0.2, 0.25) is 0 Å². The third kappa shape index (κ3) is 5.26. The van der Waals surface area contributed by atoms with Crippen LogP contribution in [0.5, 0.6) is 0 Å². The van der Waals surface area contributed by atoms with E-state index >= 15 is 0 Å². The van der Waals surface area contributed by atoms with Gasteiger partial charge in [0, 0.05) is 25.3 Å². The number of nitrogens with zero attached hydrogens (tertiary/aromatic N) is 1. The highest BCUT2D eigenvalue weighted by Gasteiger charge is 2.01. The molecule has 0 aliphatic carbocycles. The first kappa shape index (κ1) is 14.1. The van der Waals surface area contributed by atoms with E-state index in [4.69, 9.17) is 22.7 Å². The van der Waals surface area contributed by atoms with E-state index in [-0.39, 0.29) is 0 Å². The summed E-state index contributed by atoms with van der Waals surface area (Å²) in [5.74, 6) is 0. The first-order valence-corrected chi connectivity index (χ1v) is 6.19.